The molecule has 0 aromatic heterocycles. The van der Waals surface area contributed by atoms with E-state index in [1.165, 1.54) is 0 Å². The van der Waals surface area contributed by atoms with Crippen molar-refractivity contribution in [2.75, 3.05) is 0 Å². The number of carbonyl (C=O) groups is 1. The van der Waals surface area contributed by atoms with Crippen molar-refractivity contribution in [3.63, 3.8) is 0 Å². The van der Waals surface area contributed by atoms with Crippen molar-refractivity contribution in [2.45, 2.75) is 26.1 Å². The molecule has 0 bridgehead atoms. The van der Waals surface area contributed by atoms with Crippen LogP contribution in [0.1, 0.15) is 24.2 Å². The second-order valence-electron chi connectivity index (χ2n) is 3.50. The number of hydrogen-bond acceptors (Lipinski definition) is 3. The molecule has 4 heteroatoms. The molecule has 0 heterocycles. The largest absolute Gasteiger partial charge is 0.444 e. The summed E-state index contributed by atoms with van der Waals surface area (Å²) >= 11 is 0. The number of nitrogens with two attached hydrogens (primary N) is 1. The fourth-order valence-electron chi connectivity index (χ4n) is 1.37. The highest BCUT2D eigenvalue weighted by molar-refractivity contribution is 5.64. The number of aliphatic hydroxyl groups is 1. The molecule has 0 aliphatic carbocycles. The Morgan fingerprint density at radius 3 is 2.73 bits per heavy atom. The minimum Gasteiger partial charge on any atom is -0.444 e. The Morgan fingerprint density at radius 1 is 1.53 bits per heavy atom. The van der Waals surface area contributed by atoms with Crippen LogP contribution in [0.25, 0.3) is 0 Å². The number of ether oxygens (including phenoxy) is 1. The summed E-state index contributed by atoms with van der Waals surface area (Å²) in [5, 5.41) is 9.83. The molecule has 1 rings (SSSR count). The molecule has 2 atom stereocenters. The Kier molecular flexibility index (Phi) is 3.68. The molecule has 4 nitrogen and oxygen atoms in total. The number of rotatable bonds is 3. The van der Waals surface area contributed by atoms with E-state index in [4.69, 9.17) is 10.5 Å². The van der Waals surface area contributed by atoms with Gasteiger partial charge in [0.15, 0.2) is 0 Å². The topological polar surface area (TPSA) is 72.6 Å². The summed E-state index contributed by atoms with van der Waals surface area (Å²) in [5.41, 5.74) is 6.62. The monoisotopic (exact) mass is 209 g/mol. The van der Waals surface area contributed by atoms with Crippen LogP contribution in [0.2, 0.25) is 0 Å². The van der Waals surface area contributed by atoms with Gasteiger partial charge in [-0.25, -0.2) is 4.79 Å². The van der Waals surface area contributed by atoms with E-state index < -0.39 is 18.3 Å². The van der Waals surface area contributed by atoms with Crippen molar-refractivity contribution < 1.29 is 14.6 Å². The predicted octanol–water partition coefficient (Wildman–Crippen LogP) is 1.51. The van der Waals surface area contributed by atoms with Gasteiger partial charge < -0.3 is 15.6 Å². The second kappa shape index (κ2) is 4.79. The highest BCUT2D eigenvalue weighted by Gasteiger charge is 2.19. The SMILES string of the molecule is Cc1cccc([C@@H](O)[C@@H](C)OC(N)=O)c1. The molecule has 15 heavy (non-hydrogen) atoms. The molecule has 0 radical (unpaired) electrons. The zero-order valence-electron chi connectivity index (χ0n) is 8.81. The Hall–Kier alpha value is -1.55. The van der Waals surface area contributed by atoms with Gasteiger partial charge in [-0.1, -0.05) is 29.8 Å². The van der Waals surface area contributed by atoms with Crippen LogP contribution < -0.4 is 5.73 Å². The maximum Gasteiger partial charge on any atom is 0.404 e. The molecule has 0 aliphatic heterocycles. The van der Waals surface area contributed by atoms with Crippen LogP contribution in [0.5, 0.6) is 0 Å². The van der Waals surface area contributed by atoms with E-state index in [0.29, 0.717) is 5.56 Å². The normalized spacial score (nSPS) is 14.3. The van der Waals surface area contributed by atoms with Crippen molar-refractivity contribution in [1.82, 2.24) is 0 Å². The fraction of sp³-hybridized carbons (Fsp3) is 0.364. The summed E-state index contributed by atoms with van der Waals surface area (Å²) in [6.45, 7) is 3.52. The number of aliphatic hydroxyl groups excluding tert-OH is 1. The first-order valence-corrected chi connectivity index (χ1v) is 4.71. The zero-order valence-corrected chi connectivity index (χ0v) is 8.81. The van der Waals surface area contributed by atoms with Gasteiger partial charge in [-0.2, -0.15) is 0 Å². The van der Waals surface area contributed by atoms with E-state index in [-0.39, 0.29) is 0 Å². The Balaban J connectivity index is 2.75. The van der Waals surface area contributed by atoms with E-state index in [0.717, 1.165) is 5.56 Å². The number of hydrogen-bond donors (Lipinski definition) is 2. The second-order valence-corrected chi connectivity index (χ2v) is 3.50. The summed E-state index contributed by atoms with van der Waals surface area (Å²) in [6, 6.07) is 7.38. The van der Waals surface area contributed by atoms with Crippen molar-refractivity contribution in [2.24, 2.45) is 5.73 Å². The lowest BCUT2D eigenvalue weighted by molar-refractivity contribution is 0.0157. The molecule has 0 saturated carbocycles. The number of primary amides is 1. The van der Waals surface area contributed by atoms with E-state index >= 15 is 0 Å². The number of aryl methyl sites for hydroxylation is 1. The van der Waals surface area contributed by atoms with Crippen molar-refractivity contribution in [3.8, 4) is 0 Å². The van der Waals surface area contributed by atoms with Gasteiger partial charge in [0.1, 0.15) is 12.2 Å². The van der Waals surface area contributed by atoms with Crippen molar-refractivity contribution >= 4 is 6.09 Å². The molecular formula is C11H15NO3. The molecule has 1 aromatic rings. The molecule has 0 spiro atoms. The molecule has 0 fully saturated rings. The standard InChI is InChI=1S/C11H15NO3/c1-7-4-3-5-9(6-7)10(13)8(2)15-11(12)14/h3-6,8,10,13H,1-2H3,(H2,12,14)/t8-,10+/m1/s1. The first-order chi connectivity index (χ1) is 7.00. The summed E-state index contributed by atoms with van der Waals surface area (Å²) in [6.07, 6.45) is -2.38. The maximum absolute atomic E-state index is 10.5. The maximum atomic E-state index is 10.5. The smallest absolute Gasteiger partial charge is 0.404 e. The summed E-state index contributed by atoms with van der Waals surface area (Å²) in [7, 11) is 0. The Bertz CT molecular complexity index is 351. The molecule has 0 unspecified atom stereocenters. The molecule has 0 saturated heterocycles. The van der Waals surface area contributed by atoms with E-state index in [9.17, 15) is 9.90 Å². The minimum atomic E-state index is -0.880. The lowest BCUT2D eigenvalue weighted by Crippen LogP contribution is -2.25. The molecule has 3 N–H and O–H groups in total. The van der Waals surface area contributed by atoms with Crippen molar-refractivity contribution in [1.29, 1.82) is 0 Å². The number of benzene rings is 1. The third-order valence-corrected chi connectivity index (χ3v) is 2.13. The van der Waals surface area contributed by atoms with E-state index in [2.05, 4.69) is 0 Å². The van der Waals surface area contributed by atoms with Gasteiger partial charge in [-0.15, -0.1) is 0 Å². The molecule has 0 aliphatic rings. The summed E-state index contributed by atoms with van der Waals surface area (Å²) in [4.78, 5) is 10.5. The van der Waals surface area contributed by atoms with Crippen LogP contribution in [0.3, 0.4) is 0 Å². The third-order valence-electron chi connectivity index (χ3n) is 2.13. The lowest BCUT2D eigenvalue weighted by atomic mass is 10.0. The summed E-state index contributed by atoms with van der Waals surface area (Å²) in [5.74, 6) is 0. The van der Waals surface area contributed by atoms with Crippen LogP contribution in [-0.2, 0) is 4.74 Å². The zero-order chi connectivity index (χ0) is 11.4. The first kappa shape index (κ1) is 11.5. The van der Waals surface area contributed by atoms with Crippen LogP contribution >= 0.6 is 0 Å². The van der Waals surface area contributed by atoms with Gasteiger partial charge in [0.05, 0.1) is 0 Å². The summed E-state index contributed by atoms with van der Waals surface area (Å²) < 4.78 is 4.70. The number of amides is 1. The van der Waals surface area contributed by atoms with Crippen LogP contribution in [0.15, 0.2) is 24.3 Å². The van der Waals surface area contributed by atoms with Gasteiger partial charge in [-0.05, 0) is 19.4 Å². The van der Waals surface area contributed by atoms with Crippen LogP contribution in [0, 0.1) is 6.92 Å². The molecular weight excluding hydrogens is 194 g/mol. The van der Waals surface area contributed by atoms with Gasteiger partial charge in [0.25, 0.3) is 0 Å². The fourth-order valence-corrected chi connectivity index (χ4v) is 1.37. The van der Waals surface area contributed by atoms with E-state index in [1.54, 1.807) is 13.0 Å². The quantitative estimate of drug-likeness (QED) is 0.792. The average molecular weight is 209 g/mol. The molecule has 1 amide bonds. The van der Waals surface area contributed by atoms with Gasteiger partial charge in [0, 0.05) is 0 Å². The molecule has 82 valence electrons. The van der Waals surface area contributed by atoms with Crippen LogP contribution in [0.4, 0.5) is 4.79 Å². The third kappa shape index (κ3) is 3.25. The lowest BCUT2D eigenvalue weighted by Gasteiger charge is -2.18. The van der Waals surface area contributed by atoms with Gasteiger partial charge in [0.2, 0.25) is 0 Å². The predicted molar refractivity (Wildman–Crippen MR) is 56.3 cm³/mol. The highest BCUT2D eigenvalue weighted by Crippen LogP contribution is 2.19. The van der Waals surface area contributed by atoms with Gasteiger partial charge >= 0.3 is 6.09 Å². The van der Waals surface area contributed by atoms with Crippen molar-refractivity contribution in [3.05, 3.63) is 35.4 Å². The van der Waals surface area contributed by atoms with E-state index in [1.807, 2.05) is 25.1 Å². The van der Waals surface area contributed by atoms with Gasteiger partial charge in [-0.3, -0.25) is 0 Å². The first-order valence-electron chi connectivity index (χ1n) is 4.71. The van der Waals surface area contributed by atoms with Crippen LogP contribution in [-0.4, -0.2) is 17.3 Å². The Labute approximate surface area is 88.7 Å². The average Bonchev–Trinajstić information content (AvgIpc) is 2.15. The number of carbonyl (C=O) groups excluding carboxylic acids is 1. The minimum absolute atomic E-state index is 0.649. The Morgan fingerprint density at radius 2 is 2.20 bits per heavy atom. The molecule has 1 aromatic carbocycles. The highest BCUT2D eigenvalue weighted by atomic mass is 16.6.